The van der Waals surface area contributed by atoms with Crippen molar-refractivity contribution in [1.29, 1.82) is 0 Å². The highest BCUT2D eigenvalue weighted by Gasteiger charge is 2.22. The van der Waals surface area contributed by atoms with E-state index >= 15 is 0 Å². The maximum absolute atomic E-state index is 10.6. The first kappa shape index (κ1) is 36.0. The molecule has 0 rings (SSSR count). The fraction of sp³-hybridized carbons (Fsp3) is 1.00. The number of aliphatic hydroxyl groups excluding tert-OH is 2. The van der Waals surface area contributed by atoms with Gasteiger partial charge in [-0.15, -0.1) is 0 Å². The first-order valence-corrected chi connectivity index (χ1v) is 15.4. The first-order chi connectivity index (χ1) is 17.4. The van der Waals surface area contributed by atoms with Gasteiger partial charge in [-0.2, -0.15) is 0 Å². The highest BCUT2D eigenvalue weighted by molar-refractivity contribution is 8.21. The molecule has 3 atom stereocenters. The van der Waals surface area contributed by atoms with Crippen LogP contribution in [0.5, 0.6) is 0 Å². The quantitative estimate of drug-likeness (QED) is 0.134. The van der Waals surface area contributed by atoms with Crippen LogP contribution in [0.25, 0.3) is 0 Å². The molecule has 0 bridgehead atoms. The molecule has 9 nitrogen and oxygen atoms in total. The second kappa shape index (κ2) is 24.1. The predicted octanol–water partition coefficient (Wildman–Crippen LogP) is 3.66. The molecule has 0 aliphatic carbocycles. The molecule has 0 saturated carbocycles. The van der Waals surface area contributed by atoms with Crippen LogP contribution in [-0.2, 0) is 22.0 Å². The van der Waals surface area contributed by atoms with Gasteiger partial charge < -0.3 is 25.4 Å². The number of nitrogens with two attached hydrogens (primary N) is 1. The fourth-order valence-electron chi connectivity index (χ4n) is 4.07. The molecular weight excluding hydrogens is 484 g/mol. The number of aliphatic hydroxyl groups is 2. The van der Waals surface area contributed by atoms with Crippen molar-refractivity contribution in [2.45, 2.75) is 83.8 Å². The summed E-state index contributed by atoms with van der Waals surface area (Å²) in [5, 5.41) is 21.2. The maximum atomic E-state index is 10.6. The van der Waals surface area contributed by atoms with Crippen LogP contribution in [0.4, 0.5) is 0 Å². The van der Waals surface area contributed by atoms with Crippen LogP contribution in [0.15, 0.2) is 0 Å². The molecule has 0 radical (unpaired) electrons. The largest absolute Gasteiger partial charge is 0.389 e. The van der Waals surface area contributed by atoms with Crippen LogP contribution in [0.1, 0.15) is 71.6 Å². The molecule has 220 valence electrons. The normalized spacial score (nSPS) is 15.4. The molecule has 36 heavy (non-hydrogen) atoms. The van der Waals surface area contributed by atoms with Gasteiger partial charge in [0.25, 0.3) is 0 Å². The highest BCUT2D eigenvalue weighted by Crippen LogP contribution is 2.49. The molecule has 0 aromatic heterocycles. The number of ether oxygens (including phenoxy) is 2. The third-order valence-electron chi connectivity index (χ3n) is 6.33. The Hall–Kier alpha value is -0.0100. The van der Waals surface area contributed by atoms with Gasteiger partial charge in [0.1, 0.15) is 0 Å². The van der Waals surface area contributed by atoms with Crippen molar-refractivity contribution in [2.75, 3.05) is 79.7 Å². The van der Waals surface area contributed by atoms with Crippen molar-refractivity contribution in [1.82, 2.24) is 4.90 Å². The van der Waals surface area contributed by atoms with E-state index in [0.29, 0.717) is 57.5 Å². The molecule has 0 heterocycles. The molecule has 0 fully saturated rings. The van der Waals surface area contributed by atoms with Gasteiger partial charge in [-0.3, -0.25) is 17.4 Å². The highest BCUT2D eigenvalue weighted by atomic mass is 32.3. The van der Waals surface area contributed by atoms with Crippen molar-refractivity contribution >= 4 is 10.9 Å². The van der Waals surface area contributed by atoms with Gasteiger partial charge in [0, 0.05) is 32.1 Å². The lowest BCUT2D eigenvalue weighted by Crippen LogP contribution is -2.41. The Kier molecular flexibility index (Phi) is 24.1. The summed E-state index contributed by atoms with van der Waals surface area (Å²) in [6.07, 6.45) is 8.40. The summed E-state index contributed by atoms with van der Waals surface area (Å²) in [6.45, 7) is 8.59. The van der Waals surface area contributed by atoms with E-state index in [1.54, 1.807) is 21.3 Å². The van der Waals surface area contributed by atoms with E-state index in [9.17, 15) is 10.2 Å². The van der Waals surface area contributed by atoms with Crippen LogP contribution in [0.3, 0.4) is 0 Å². The van der Waals surface area contributed by atoms with Gasteiger partial charge in [-0.05, 0) is 44.7 Å². The maximum Gasteiger partial charge on any atom is 0.0900 e. The number of hydrogen-bond acceptors (Lipinski definition) is 9. The van der Waals surface area contributed by atoms with Crippen LogP contribution >= 0.6 is 10.9 Å². The molecular formula is C26H58N2O7S. The Morgan fingerprint density at radius 1 is 0.778 bits per heavy atom. The standard InChI is InChI=1S/C26H58N2O7S/c1-6-8-14-24(7-2)21-35-23-26(30)20-28(16-12-10-9-11-15-27)19-25(29)22-34-17-13-18-36(31-3,32-4)33-5/h24-26,29-30H,6-23,27H2,1-5H3. The zero-order chi connectivity index (χ0) is 27.1. The average molecular weight is 543 g/mol. The lowest BCUT2D eigenvalue weighted by atomic mass is 10.0. The van der Waals surface area contributed by atoms with Crippen molar-refractivity contribution < 1.29 is 32.2 Å². The van der Waals surface area contributed by atoms with Gasteiger partial charge in [0.2, 0.25) is 0 Å². The fourth-order valence-corrected chi connectivity index (χ4v) is 5.45. The van der Waals surface area contributed by atoms with Crippen molar-refractivity contribution in [3.05, 3.63) is 0 Å². The van der Waals surface area contributed by atoms with Gasteiger partial charge >= 0.3 is 0 Å². The van der Waals surface area contributed by atoms with E-state index in [2.05, 4.69) is 18.7 Å². The van der Waals surface area contributed by atoms with Crippen LogP contribution in [-0.4, -0.2) is 107 Å². The zero-order valence-corrected chi connectivity index (χ0v) is 24.6. The lowest BCUT2D eigenvalue weighted by Gasteiger charge is -2.33. The van der Waals surface area contributed by atoms with Crippen molar-refractivity contribution in [3.8, 4) is 0 Å². The third kappa shape index (κ3) is 18.3. The summed E-state index contributed by atoms with van der Waals surface area (Å²) in [5.41, 5.74) is 5.60. The zero-order valence-electron chi connectivity index (χ0n) is 23.8. The molecule has 0 aromatic rings. The van der Waals surface area contributed by atoms with E-state index in [-0.39, 0.29) is 6.61 Å². The minimum absolute atomic E-state index is 0.237. The minimum atomic E-state index is -1.98. The van der Waals surface area contributed by atoms with Gasteiger partial charge in [-0.1, -0.05) is 46.0 Å². The molecule has 0 saturated heterocycles. The second-order valence-electron chi connectivity index (χ2n) is 9.41. The smallest absolute Gasteiger partial charge is 0.0900 e. The Balaban J connectivity index is 4.48. The summed E-state index contributed by atoms with van der Waals surface area (Å²) in [4.78, 5) is 2.12. The molecule has 4 N–H and O–H groups in total. The molecule has 0 aromatic carbocycles. The molecule has 0 amide bonds. The van der Waals surface area contributed by atoms with E-state index in [0.717, 1.165) is 38.6 Å². The van der Waals surface area contributed by atoms with E-state index in [1.807, 2.05) is 0 Å². The van der Waals surface area contributed by atoms with Crippen LogP contribution in [0.2, 0.25) is 0 Å². The Labute approximate surface area is 223 Å². The van der Waals surface area contributed by atoms with E-state index in [4.69, 9.17) is 27.8 Å². The summed E-state index contributed by atoms with van der Waals surface area (Å²) < 4.78 is 27.6. The molecule has 0 aliphatic rings. The third-order valence-corrected chi connectivity index (χ3v) is 8.64. The predicted molar refractivity (Wildman–Crippen MR) is 149 cm³/mol. The number of rotatable bonds is 27. The Bertz CT molecular complexity index is 467. The lowest BCUT2D eigenvalue weighted by molar-refractivity contribution is -0.0163. The Morgan fingerprint density at radius 2 is 1.39 bits per heavy atom. The van der Waals surface area contributed by atoms with E-state index < -0.39 is 23.1 Å². The monoisotopic (exact) mass is 542 g/mol. The van der Waals surface area contributed by atoms with Crippen molar-refractivity contribution in [3.63, 3.8) is 0 Å². The SMILES string of the molecule is CCCCC(CC)COCC(O)CN(CCCCCCN)CC(O)COCCCS(OC)(OC)OC. The topological polar surface area (TPSA) is 116 Å². The summed E-state index contributed by atoms with van der Waals surface area (Å²) in [6, 6.07) is 0. The van der Waals surface area contributed by atoms with Crippen LogP contribution in [0, 0.1) is 5.92 Å². The number of nitrogens with zero attached hydrogens (tertiary/aromatic N) is 1. The van der Waals surface area contributed by atoms with Gasteiger partial charge in [-0.25, -0.2) is 0 Å². The van der Waals surface area contributed by atoms with Crippen LogP contribution < -0.4 is 5.73 Å². The van der Waals surface area contributed by atoms with E-state index in [1.165, 1.54) is 19.3 Å². The molecule has 3 unspecified atom stereocenters. The minimum Gasteiger partial charge on any atom is -0.389 e. The average Bonchev–Trinajstić information content (AvgIpc) is 2.88. The molecule has 0 aliphatic heterocycles. The van der Waals surface area contributed by atoms with Gasteiger partial charge in [0.05, 0.1) is 57.6 Å². The first-order valence-electron chi connectivity index (χ1n) is 13.8. The summed E-state index contributed by atoms with van der Waals surface area (Å²) in [7, 11) is 2.75. The second-order valence-corrected chi connectivity index (χ2v) is 11.9. The van der Waals surface area contributed by atoms with Crippen molar-refractivity contribution in [2.24, 2.45) is 11.7 Å². The number of unbranched alkanes of at least 4 members (excludes halogenated alkanes) is 4. The summed E-state index contributed by atoms with van der Waals surface area (Å²) in [5.74, 6) is 1.16. The molecule has 10 heteroatoms. The molecule has 0 spiro atoms. The summed E-state index contributed by atoms with van der Waals surface area (Å²) >= 11 is 0. The number of hydrogen-bond donors (Lipinski definition) is 3. The Morgan fingerprint density at radius 3 is 1.94 bits per heavy atom. The van der Waals surface area contributed by atoms with Gasteiger partial charge in [0.15, 0.2) is 0 Å².